The van der Waals surface area contributed by atoms with Crippen LogP contribution in [0, 0.1) is 0 Å². The monoisotopic (exact) mass is 253 g/mol. The SMILES string of the molecule is CCOC(=O)C(CC)c1nc(N2CCCC2)no1. The highest BCUT2D eigenvalue weighted by Crippen LogP contribution is 2.23. The summed E-state index contributed by atoms with van der Waals surface area (Å²) in [5.74, 6) is 0.202. The lowest BCUT2D eigenvalue weighted by molar-refractivity contribution is -0.145. The number of ether oxygens (including phenoxy) is 1. The molecule has 2 rings (SSSR count). The Morgan fingerprint density at radius 2 is 2.17 bits per heavy atom. The number of esters is 1. The van der Waals surface area contributed by atoms with E-state index in [-0.39, 0.29) is 5.97 Å². The van der Waals surface area contributed by atoms with Crippen molar-refractivity contribution in [2.45, 2.75) is 39.0 Å². The van der Waals surface area contributed by atoms with E-state index in [4.69, 9.17) is 9.26 Å². The van der Waals surface area contributed by atoms with E-state index in [0.717, 1.165) is 25.9 Å². The lowest BCUT2D eigenvalue weighted by Crippen LogP contribution is -2.19. The first-order valence-corrected chi connectivity index (χ1v) is 6.51. The van der Waals surface area contributed by atoms with Crippen LogP contribution < -0.4 is 4.90 Å². The van der Waals surface area contributed by atoms with Crippen molar-refractivity contribution in [2.75, 3.05) is 24.6 Å². The van der Waals surface area contributed by atoms with Crippen LogP contribution in [0.4, 0.5) is 5.95 Å². The number of carbonyl (C=O) groups is 1. The van der Waals surface area contributed by atoms with Crippen LogP contribution in [0.5, 0.6) is 0 Å². The molecule has 0 aromatic carbocycles. The van der Waals surface area contributed by atoms with Crippen molar-refractivity contribution in [3.05, 3.63) is 5.89 Å². The fourth-order valence-electron chi connectivity index (χ4n) is 2.10. The zero-order valence-electron chi connectivity index (χ0n) is 10.9. The summed E-state index contributed by atoms with van der Waals surface area (Å²) >= 11 is 0. The van der Waals surface area contributed by atoms with Crippen LogP contribution in [0.2, 0.25) is 0 Å². The van der Waals surface area contributed by atoms with Crippen LogP contribution in [0.15, 0.2) is 4.52 Å². The first-order valence-electron chi connectivity index (χ1n) is 6.51. The van der Waals surface area contributed by atoms with Gasteiger partial charge in [-0.1, -0.05) is 6.92 Å². The van der Waals surface area contributed by atoms with Gasteiger partial charge in [0.05, 0.1) is 6.61 Å². The van der Waals surface area contributed by atoms with Crippen LogP contribution >= 0.6 is 0 Å². The fourth-order valence-corrected chi connectivity index (χ4v) is 2.10. The summed E-state index contributed by atoms with van der Waals surface area (Å²) in [5.41, 5.74) is 0. The third-order valence-electron chi connectivity index (χ3n) is 3.10. The van der Waals surface area contributed by atoms with Gasteiger partial charge in [0.25, 0.3) is 5.95 Å². The van der Waals surface area contributed by atoms with Crippen LogP contribution in [0.1, 0.15) is 44.9 Å². The van der Waals surface area contributed by atoms with E-state index in [9.17, 15) is 4.79 Å². The molecule has 1 aliphatic rings. The summed E-state index contributed by atoms with van der Waals surface area (Å²) in [7, 11) is 0. The molecular weight excluding hydrogens is 234 g/mol. The van der Waals surface area contributed by atoms with Gasteiger partial charge in [0.1, 0.15) is 5.92 Å². The highest BCUT2D eigenvalue weighted by molar-refractivity contribution is 5.76. The molecule has 0 bridgehead atoms. The van der Waals surface area contributed by atoms with Crippen LogP contribution in [-0.4, -0.2) is 35.8 Å². The molecule has 0 spiro atoms. The number of hydrogen-bond acceptors (Lipinski definition) is 6. The van der Waals surface area contributed by atoms with Gasteiger partial charge < -0.3 is 14.2 Å². The number of anilines is 1. The van der Waals surface area contributed by atoms with E-state index in [2.05, 4.69) is 15.0 Å². The van der Waals surface area contributed by atoms with Gasteiger partial charge in [-0.25, -0.2) is 0 Å². The molecule has 18 heavy (non-hydrogen) atoms. The molecule has 1 saturated heterocycles. The average Bonchev–Trinajstić information content (AvgIpc) is 3.00. The largest absolute Gasteiger partial charge is 0.465 e. The number of hydrogen-bond donors (Lipinski definition) is 0. The molecule has 1 aromatic rings. The molecule has 6 heteroatoms. The molecular formula is C12H19N3O3. The molecule has 6 nitrogen and oxygen atoms in total. The van der Waals surface area contributed by atoms with Crippen molar-refractivity contribution in [1.82, 2.24) is 10.1 Å². The van der Waals surface area contributed by atoms with Gasteiger partial charge in [0, 0.05) is 13.1 Å². The second-order valence-electron chi connectivity index (χ2n) is 4.34. The Kier molecular flexibility index (Phi) is 4.17. The average molecular weight is 253 g/mol. The topological polar surface area (TPSA) is 68.5 Å². The van der Waals surface area contributed by atoms with Gasteiger partial charge in [0.15, 0.2) is 0 Å². The summed E-state index contributed by atoms with van der Waals surface area (Å²) in [5, 5.41) is 3.94. The number of carbonyl (C=O) groups excluding carboxylic acids is 1. The summed E-state index contributed by atoms with van der Waals surface area (Å²) in [6.45, 7) is 5.96. The van der Waals surface area contributed by atoms with Gasteiger partial charge in [-0.3, -0.25) is 4.79 Å². The molecule has 1 atom stereocenters. The molecule has 0 amide bonds. The van der Waals surface area contributed by atoms with E-state index in [1.165, 1.54) is 0 Å². The number of nitrogens with zero attached hydrogens (tertiary/aromatic N) is 3. The second kappa shape index (κ2) is 5.84. The molecule has 2 heterocycles. The normalized spacial score (nSPS) is 16.9. The maximum atomic E-state index is 11.7. The molecule has 1 aromatic heterocycles. The van der Waals surface area contributed by atoms with E-state index in [0.29, 0.717) is 24.9 Å². The van der Waals surface area contributed by atoms with Gasteiger partial charge in [-0.15, -0.1) is 0 Å². The van der Waals surface area contributed by atoms with E-state index < -0.39 is 5.92 Å². The second-order valence-corrected chi connectivity index (χ2v) is 4.34. The lowest BCUT2D eigenvalue weighted by Gasteiger charge is -2.10. The molecule has 100 valence electrons. The van der Waals surface area contributed by atoms with E-state index in [1.807, 2.05) is 6.92 Å². The fraction of sp³-hybridized carbons (Fsp3) is 0.750. The summed E-state index contributed by atoms with van der Waals surface area (Å²) in [6, 6.07) is 0. The lowest BCUT2D eigenvalue weighted by atomic mass is 10.1. The summed E-state index contributed by atoms with van der Waals surface area (Å²) in [4.78, 5) is 18.1. The third kappa shape index (κ3) is 2.63. The maximum absolute atomic E-state index is 11.7. The van der Waals surface area contributed by atoms with Crippen molar-refractivity contribution >= 4 is 11.9 Å². The molecule has 0 aliphatic carbocycles. The van der Waals surface area contributed by atoms with E-state index >= 15 is 0 Å². The first-order chi connectivity index (χ1) is 8.76. The zero-order chi connectivity index (χ0) is 13.0. The minimum atomic E-state index is -0.450. The minimum Gasteiger partial charge on any atom is -0.465 e. The quantitative estimate of drug-likeness (QED) is 0.744. The van der Waals surface area contributed by atoms with Gasteiger partial charge >= 0.3 is 5.97 Å². The van der Waals surface area contributed by atoms with Crippen molar-refractivity contribution in [3.63, 3.8) is 0 Å². The maximum Gasteiger partial charge on any atom is 0.318 e. The Bertz CT molecular complexity index is 399. The van der Waals surface area contributed by atoms with Crippen molar-refractivity contribution in [2.24, 2.45) is 0 Å². The predicted octanol–water partition coefficient (Wildman–Crippen LogP) is 1.73. The standard InChI is InChI=1S/C12H19N3O3/c1-3-9(11(16)17-4-2)10-13-12(14-18-10)15-7-5-6-8-15/h9H,3-8H2,1-2H3. The Morgan fingerprint density at radius 1 is 1.44 bits per heavy atom. The molecule has 1 aliphatic heterocycles. The van der Waals surface area contributed by atoms with Crippen molar-refractivity contribution in [3.8, 4) is 0 Å². The van der Waals surface area contributed by atoms with Crippen LogP contribution in [0.3, 0.4) is 0 Å². The Balaban J connectivity index is 2.09. The smallest absolute Gasteiger partial charge is 0.318 e. The Morgan fingerprint density at radius 3 is 2.78 bits per heavy atom. The Labute approximate surface area is 106 Å². The van der Waals surface area contributed by atoms with Gasteiger partial charge in [-0.2, -0.15) is 4.98 Å². The van der Waals surface area contributed by atoms with Crippen molar-refractivity contribution < 1.29 is 14.1 Å². The third-order valence-corrected chi connectivity index (χ3v) is 3.10. The summed E-state index contributed by atoms with van der Waals surface area (Å²) < 4.78 is 10.2. The highest BCUT2D eigenvalue weighted by Gasteiger charge is 2.28. The van der Waals surface area contributed by atoms with Gasteiger partial charge in [0.2, 0.25) is 5.89 Å². The predicted molar refractivity (Wildman–Crippen MR) is 65.4 cm³/mol. The molecule has 0 N–H and O–H groups in total. The Hall–Kier alpha value is -1.59. The molecule has 0 saturated carbocycles. The molecule has 0 radical (unpaired) electrons. The van der Waals surface area contributed by atoms with Crippen molar-refractivity contribution in [1.29, 1.82) is 0 Å². The highest BCUT2D eigenvalue weighted by atomic mass is 16.5. The van der Waals surface area contributed by atoms with Gasteiger partial charge in [-0.05, 0) is 31.3 Å². The van der Waals surface area contributed by atoms with Crippen LogP contribution in [-0.2, 0) is 9.53 Å². The number of aromatic nitrogens is 2. The first kappa shape index (κ1) is 12.9. The summed E-state index contributed by atoms with van der Waals surface area (Å²) in [6.07, 6.45) is 2.90. The number of rotatable bonds is 5. The molecule has 1 unspecified atom stereocenters. The zero-order valence-corrected chi connectivity index (χ0v) is 10.9. The van der Waals surface area contributed by atoms with Crippen LogP contribution in [0.25, 0.3) is 0 Å². The molecule has 1 fully saturated rings. The minimum absolute atomic E-state index is 0.295. The van der Waals surface area contributed by atoms with E-state index in [1.54, 1.807) is 6.92 Å².